The molecule has 1 aliphatic rings. The fourth-order valence-corrected chi connectivity index (χ4v) is 2.45. The first-order chi connectivity index (χ1) is 8.89. The second-order valence-electron chi connectivity index (χ2n) is 5.42. The molecule has 0 radical (unpaired) electrons. The lowest BCUT2D eigenvalue weighted by molar-refractivity contribution is 0.0481. The van der Waals surface area contributed by atoms with E-state index in [9.17, 15) is 9.90 Å². The van der Waals surface area contributed by atoms with Gasteiger partial charge in [0.1, 0.15) is 0 Å². The Labute approximate surface area is 112 Å². The largest absolute Gasteiger partial charge is 0.478 e. The number of carbonyl (C=O) groups is 1. The molecular formula is C14H20N2O3. The number of nitrogens with two attached hydrogens (primary N) is 1. The Morgan fingerprint density at radius 1 is 1.37 bits per heavy atom. The van der Waals surface area contributed by atoms with E-state index in [1.807, 2.05) is 6.92 Å². The summed E-state index contributed by atoms with van der Waals surface area (Å²) in [5.41, 5.74) is 6.86. The highest BCUT2D eigenvalue weighted by Crippen LogP contribution is 2.29. The number of benzene rings is 1. The van der Waals surface area contributed by atoms with Gasteiger partial charge in [0.05, 0.1) is 22.5 Å². The molecule has 0 spiro atoms. The zero-order valence-electron chi connectivity index (χ0n) is 11.1. The van der Waals surface area contributed by atoms with Crippen molar-refractivity contribution in [1.82, 2.24) is 0 Å². The van der Waals surface area contributed by atoms with Crippen LogP contribution in [0.4, 0.5) is 11.4 Å². The minimum Gasteiger partial charge on any atom is -0.478 e. The fourth-order valence-electron chi connectivity index (χ4n) is 2.45. The molecule has 1 heterocycles. The summed E-state index contributed by atoms with van der Waals surface area (Å²) in [4.78, 5) is 13.1. The maximum atomic E-state index is 11.0. The molecule has 19 heavy (non-hydrogen) atoms. The quantitative estimate of drug-likeness (QED) is 0.708. The number of nitrogens with zero attached hydrogens (tertiary/aromatic N) is 1. The average Bonchev–Trinajstić information content (AvgIpc) is 2.51. The van der Waals surface area contributed by atoms with E-state index in [0.717, 1.165) is 25.1 Å². The van der Waals surface area contributed by atoms with Crippen molar-refractivity contribution < 1.29 is 15.0 Å². The number of carboxylic acid groups (broad SMARTS) is 1. The monoisotopic (exact) mass is 264 g/mol. The Kier molecular flexibility index (Phi) is 3.66. The molecule has 1 saturated heterocycles. The highest BCUT2D eigenvalue weighted by molar-refractivity contribution is 5.90. The number of rotatable bonds is 2. The summed E-state index contributed by atoms with van der Waals surface area (Å²) >= 11 is 0. The first-order valence-corrected chi connectivity index (χ1v) is 6.49. The number of aromatic carboxylic acids is 1. The van der Waals surface area contributed by atoms with E-state index >= 15 is 0 Å². The van der Waals surface area contributed by atoms with E-state index in [1.165, 1.54) is 6.07 Å². The molecule has 0 bridgehead atoms. The van der Waals surface area contributed by atoms with Crippen LogP contribution in [-0.4, -0.2) is 34.9 Å². The summed E-state index contributed by atoms with van der Waals surface area (Å²) in [6.45, 7) is 3.30. The van der Waals surface area contributed by atoms with Gasteiger partial charge >= 0.3 is 5.97 Å². The normalized spacial score (nSPS) is 24.0. The second-order valence-corrected chi connectivity index (χ2v) is 5.42. The highest BCUT2D eigenvalue weighted by Gasteiger charge is 2.26. The molecule has 5 nitrogen and oxygen atoms in total. The summed E-state index contributed by atoms with van der Waals surface area (Å²) in [7, 11) is 0. The molecule has 4 N–H and O–H groups in total. The summed E-state index contributed by atoms with van der Waals surface area (Å²) in [5, 5.41) is 19.1. The molecule has 1 fully saturated rings. The van der Waals surface area contributed by atoms with Crippen molar-refractivity contribution in [2.24, 2.45) is 0 Å². The standard InChI is InChI=1S/C14H20N2O3/c1-14(19)5-2-7-16(8-6-14)12-9-10(13(17)18)3-4-11(12)15/h3-4,9,19H,2,5-8,15H2,1H3,(H,17,18). The van der Waals surface area contributed by atoms with Crippen molar-refractivity contribution in [3.8, 4) is 0 Å². The second kappa shape index (κ2) is 5.09. The van der Waals surface area contributed by atoms with Gasteiger partial charge in [-0.15, -0.1) is 0 Å². The molecule has 1 unspecified atom stereocenters. The van der Waals surface area contributed by atoms with E-state index in [2.05, 4.69) is 4.90 Å². The number of nitrogen functional groups attached to an aromatic ring is 1. The van der Waals surface area contributed by atoms with Gasteiger partial charge in [-0.2, -0.15) is 0 Å². The van der Waals surface area contributed by atoms with Gasteiger partial charge in [-0.25, -0.2) is 4.79 Å². The summed E-state index contributed by atoms with van der Waals surface area (Å²) in [6, 6.07) is 4.74. The Morgan fingerprint density at radius 2 is 2.11 bits per heavy atom. The van der Waals surface area contributed by atoms with Crippen LogP contribution >= 0.6 is 0 Å². The Bertz CT molecular complexity index is 486. The zero-order valence-corrected chi connectivity index (χ0v) is 11.1. The lowest BCUT2D eigenvalue weighted by atomic mass is 9.98. The molecule has 1 atom stereocenters. The average molecular weight is 264 g/mol. The first kappa shape index (κ1) is 13.7. The zero-order chi connectivity index (χ0) is 14.0. The lowest BCUT2D eigenvalue weighted by Gasteiger charge is -2.25. The topological polar surface area (TPSA) is 86.8 Å². The van der Waals surface area contributed by atoms with Crippen LogP contribution in [-0.2, 0) is 0 Å². The first-order valence-electron chi connectivity index (χ1n) is 6.49. The van der Waals surface area contributed by atoms with E-state index in [4.69, 9.17) is 10.8 Å². The van der Waals surface area contributed by atoms with Gasteiger partial charge in [0.15, 0.2) is 0 Å². The maximum Gasteiger partial charge on any atom is 0.335 e. The predicted molar refractivity (Wildman–Crippen MR) is 74.5 cm³/mol. The minimum atomic E-state index is -0.955. The third-order valence-electron chi connectivity index (χ3n) is 3.68. The molecule has 5 heteroatoms. The van der Waals surface area contributed by atoms with Crippen molar-refractivity contribution >= 4 is 17.3 Å². The third-order valence-corrected chi connectivity index (χ3v) is 3.68. The van der Waals surface area contributed by atoms with Gasteiger partial charge in [-0.1, -0.05) is 0 Å². The molecule has 0 amide bonds. The van der Waals surface area contributed by atoms with Crippen molar-refractivity contribution in [1.29, 1.82) is 0 Å². The van der Waals surface area contributed by atoms with E-state index in [0.29, 0.717) is 18.7 Å². The minimum absolute atomic E-state index is 0.236. The van der Waals surface area contributed by atoms with E-state index in [-0.39, 0.29) is 5.56 Å². The SMILES string of the molecule is CC1(O)CCCN(c2cc(C(=O)O)ccc2N)CC1. The third kappa shape index (κ3) is 3.17. The molecule has 1 aliphatic heterocycles. The van der Waals surface area contributed by atoms with Crippen LogP contribution in [0.1, 0.15) is 36.5 Å². The van der Waals surface area contributed by atoms with Crippen LogP contribution in [0.3, 0.4) is 0 Å². The van der Waals surface area contributed by atoms with Crippen LogP contribution < -0.4 is 10.6 Å². The fraction of sp³-hybridized carbons (Fsp3) is 0.500. The van der Waals surface area contributed by atoms with E-state index < -0.39 is 11.6 Å². The summed E-state index contributed by atoms with van der Waals surface area (Å²) in [5.74, 6) is -0.955. The lowest BCUT2D eigenvalue weighted by Crippen LogP contribution is -2.28. The van der Waals surface area contributed by atoms with Crippen molar-refractivity contribution in [3.05, 3.63) is 23.8 Å². The van der Waals surface area contributed by atoms with Crippen LogP contribution in [0.25, 0.3) is 0 Å². The molecular weight excluding hydrogens is 244 g/mol. The molecule has 0 aromatic heterocycles. The number of hydrogen-bond donors (Lipinski definition) is 3. The summed E-state index contributed by atoms with van der Waals surface area (Å²) < 4.78 is 0. The van der Waals surface area contributed by atoms with Crippen molar-refractivity contribution in [2.75, 3.05) is 23.7 Å². The maximum absolute atomic E-state index is 11.0. The van der Waals surface area contributed by atoms with Gasteiger partial charge in [-0.3, -0.25) is 0 Å². The molecule has 1 aromatic carbocycles. The smallest absolute Gasteiger partial charge is 0.335 e. The van der Waals surface area contributed by atoms with Crippen LogP contribution in [0.15, 0.2) is 18.2 Å². The Hall–Kier alpha value is -1.75. The van der Waals surface area contributed by atoms with Crippen molar-refractivity contribution in [3.63, 3.8) is 0 Å². The number of anilines is 2. The van der Waals surface area contributed by atoms with Gasteiger partial charge in [-0.05, 0) is 44.4 Å². The highest BCUT2D eigenvalue weighted by atomic mass is 16.4. The Morgan fingerprint density at radius 3 is 2.79 bits per heavy atom. The van der Waals surface area contributed by atoms with E-state index in [1.54, 1.807) is 12.1 Å². The Balaban J connectivity index is 2.25. The summed E-state index contributed by atoms with van der Waals surface area (Å²) in [6.07, 6.45) is 2.27. The van der Waals surface area contributed by atoms with Gasteiger partial charge in [0, 0.05) is 13.1 Å². The van der Waals surface area contributed by atoms with Gasteiger partial charge in [0.2, 0.25) is 0 Å². The molecule has 0 saturated carbocycles. The molecule has 1 aromatic rings. The van der Waals surface area contributed by atoms with Crippen LogP contribution in [0.5, 0.6) is 0 Å². The molecule has 104 valence electrons. The predicted octanol–water partition coefficient (Wildman–Crippen LogP) is 1.71. The number of carboxylic acids is 1. The molecule has 0 aliphatic carbocycles. The number of aliphatic hydroxyl groups is 1. The van der Waals surface area contributed by atoms with Crippen molar-refractivity contribution in [2.45, 2.75) is 31.8 Å². The van der Waals surface area contributed by atoms with Gasteiger partial charge < -0.3 is 20.8 Å². The van der Waals surface area contributed by atoms with Crippen LogP contribution in [0.2, 0.25) is 0 Å². The van der Waals surface area contributed by atoms with Gasteiger partial charge in [0.25, 0.3) is 0 Å². The van der Waals surface area contributed by atoms with Crippen LogP contribution in [0, 0.1) is 0 Å². The number of hydrogen-bond acceptors (Lipinski definition) is 4. The molecule has 2 rings (SSSR count).